The van der Waals surface area contributed by atoms with Crippen LogP contribution in [0.25, 0.3) is 0 Å². The first-order valence-corrected chi connectivity index (χ1v) is 5.07. The van der Waals surface area contributed by atoms with Gasteiger partial charge in [0.25, 0.3) is 0 Å². The third-order valence-corrected chi connectivity index (χ3v) is 2.47. The van der Waals surface area contributed by atoms with Crippen LogP contribution in [0.5, 0.6) is 0 Å². The first-order valence-electron chi connectivity index (χ1n) is 5.07. The summed E-state index contributed by atoms with van der Waals surface area (Å²) >= 11 is 0. The summed E-state index contributed by atoms with van der Waals surface area (Å²) in [4.78, 5) is 11.0. The van der Waals surface area contributed by atoms with Gasteiger partial charge in [0.1, 0.15) is 0 Å². The topological polar surface area (TPSA) is 61.4 Å². The van der Waals surface area contributed by atoms with E-state index < -0.39 is 30.5 Å². The van der Waals surface area contributed by atoms with Crippen LogP contribution in [0.15, 0.2) is 0 Å². The molecule has 0 radical (unpaired) electrons. The lowest BCUT2D eigenvalue weighted by atomic mass is 10.0. The Hall–Kier alpha value is -0.820. The van der Waals surface area contributed by atoms with Crippen molar-refractivity contribution >= 4 is 5.91 Å². The van der Waals surface area contributed by atoms with Crippen molar-refractivity contribution in [3.8, 4) is 0 Å². The van der Waals surface area contributed by atoms with Gasteiger partial charge in [0, 0.05) is 19.5 Å². The first-order chi connectivity index (χ1) is 7.31. The van der Waals surface area contributed by atoms with Gasteiger partial charge in [-0.3, -0.25) is 4.79 Å². The van der Waals surface area contributed by atoms with Crippen LogP contribution in [-0.4, -0.2) is 42.4 Å². The number of amides is 1. The number of carbonyl (C=O) groups excluding carboxylic acids is 1. The van der Waals surface area contributed by atoms with E-state index in [-0.39, 0.29) is 6.54 Å². The minimum atomic E-state index is -4.32. The number of β-amino-alcohol motifs (C(OH)–C–C–N with tert-alkyl or cyclic N) is 1. The molecule has 1 fully saturated rings. The number of hydrogen-bond acceptors (Lipinski definition) is 3. The second-order valence-electron chi connectivity index (χ2n) is 4.04. The molecule has 0 aliphatic carbocycles. The zero-order chi connectivity index (χ0) is 12.2. The molecule has 0 saturated carbocycles. The summed E-state index contributed by atoms with van der Waals surface area (Å²) < 4.78 is 35.4. The van der Waals surface area contributed by atoms with Crippen molar-refractivity contribution < 1.29 is 23.1 Å². The van der Waals surface area contributed by atoms with Crippen molar-refractivity contribution in [2.45, 2.75) is 31.0 Å². The summed E-state index contributed by atoms with van der Waals surface area (Å²) in [7, 11) is 0. The van der Waals surface area contributed by atoms with E-state index in [2.05, 4.69) is 10.6 Å². The predicted octanol–water partition coefficient (Wildman–Crippen LogP) is 0.169. The summed E-state index contributed by atoms with van der Waals surface area (Å²) in [5, 5.41) is 15.0. The summed E-state index contributed by atoms with van der Waals surface area (Å²) in [5.74, 6) is -0.683. The SMILES string of the molecule is O=C(CCC(F)(F)F)NCC1(O)CCNC1. The van der Waals surface area contributed by atoms with Gasteiger partial charge in [0.05, 0.1) is 12.0 Å². The molecule has 3 N–H and O–H groups in total. The molecule has 0 aromatic carbocycles. The Balaban J connectivity index is 2.20. The van der Waals surface area contributed by atoms with Gasteiger partial charge in [-0.25, -0.2) is 0 Å². The largest absolute Gasteiger partial charge is 0.389 e. The highest BCUT2D eigenvalue weighted by atomic mass is 19.4. The molecule has 0 spiro atoms. The molecule has 0 aromatic rings. The minimum Gasteiger partial charge on any atom is -0.387 e. The first kappa shape index (κ1) is 13.2. The van der Waals surface area contributed by atoms with Crippen LogP contribution in [0.2, 0.25) is 0 Å². The van der Waals surface area contributed by atoms with E-state index in [1.807, 2.05) is 0 Å². The van der Waals surface area contributed by atoms with Crippen LogP contribution in [0.3, 0.4) is 0 Å². The van der Waals surface area contributed by atoms with E-state index in [0.717, 1.165) is 0 Å². The molecule has 7 heteroatoms. The van der Waals surface area contributed by atoms with Crippen molar-refractivity contribution in [3.63, 3.8) is 0 Å². The highest BCUT2D eigenvalue weighted by Gasteiger charge is 2.32. The maximum absolute atomic E-state index is 11.8. The molecule has 1 rings (SSSR count). The van der Waals surface area contributed by atoms with Crippen molar-refractivity contribution in [1.82, 2.24) is 10.6 Å². The third kappa shape index (κ3) is 4.80. The fourth-order valence-corrected chi connectivity index (χ4v) is 1.49. The highest BCUT2D eigenvalue weighted by Crippen LogP contribution is 2.21. The zero-order valence-corrected chi connectivity index (χ0v) is 8.73. The van der Waals surface area contributed by atoms with Crippen LogP contribution in [0, 0.1) is 0 Å². The van der Waals surface area contributed by atoms with Crippen LogP contribution in [0.4, 0.5) is 13.2 Å². The third-order valence-electron chi connectivity index (χ3n) is 2.47. The molecular weight excluding hydrogens is 225 g/mol. The summed E-state index contributed by atoms with van der Waals surface area (Å²) in [6, 6.07) is 0. The molecule has 1 amide bonds. The molecule has 0 aromatic heterocycles. The minimum absolute atomic E-state index is 0.00328. The molecule has 94 valence electrons. The molecule has 1 aliphatic heterocycles. The monoisotopic (exact) mass is 240 g/mol. The molecular formula is C9H15F3N2O2. The van der Waals surface area contributed by atoms with E-state index in [9.17, 15) is 23.1 Å². The fraction of sp³-hybridized carbons (Fsp3) is 0.889. The zero-order valence-electron chi connectivity index (χ0n) is 8.73. The number of carbonyl (C=O) groups is 1. The van der Waals surface area contributed by atoms with Crippen molar-refractivity contribution in [2.75, 3.05) is 19.6 Å². The van der Waals surface area contributed by atoms with Crippen molar-refractivity contribution in [3.05, 3.63) is 0 Å². The van der Waals surface area contributed by atoms with Crippen LogP contribution >= 0.6 is 0 Å². The van der Waals surface area contributed by atoms with Crippen LogP contribution in [0.1, 0.15) is 19.3 Å². The van der Waals surface area contributed by atoms with E-state index in [4.69, 9.17) is 0 Å². The lowest BCUT2D eigenvalue weighted by molar-refractivity contribution is -0.144. The standard InChI is InChI=1S/C9H15F3N2O2/c10-9(11,12)2-1-7(15)14-6-8(16)3-4-13-5-8/h13,16H,1-6H2,(H,14,15). The van der Waals surface area contributed by atoms with Gasteiger partial charge >= 0.3 is 6.18 Å². The van der Waals surface area contributed by atoms with E-state index in [0.29, 0.717) is 19.5 Å². The number of aliphatic hydroxyl groups is 1. The van der Waals surface area contributed by atoms with Crippen molar-refractivity contribution in [1.29, 1.82) is 0 Å². The molecule has 1 unspecified atom stereocenters. The Labute approximate surface area is 91.2 Å². The van der Waals surface area contributed by atoms with Crippen LogP contribution in [-0.2, 0) is 4.79 Å². The normalized spacial score (nSPS) is 25.8. The van der Waals surface area contributed by atoms with E-state index >= 15 is 0 Å². The Kier molecular flexibility index (Phi) is 4.15. The average molecular weight is 240 g/mol. The van der Waals surface area contributed by atoms with Gasteiger partial charge in [0.15, 0.2) is 0 Å². The molecule has 16 heavy (non-hydrogen) atoms. The lowest BCUT2D eigenvalue weighted by Gasteiger charge is -2.21. The lowest BCUT2D eigenvalue weighted by Crippen LogP contribution is -2.44. The van der Waals surface area contributed by atoms with Gasteiger partial charge in [-0.2, -0.15) is 13.2 Å². The predicted molar refractivity (Wildman–Crippen MR) is 50.7 cm³/mol. The van der Waals surface area contributed by atoms with E-state index in [1.165, 1.54) is 0 Å². The Morgan fingerprint density at radius 1 is 1.50 bits per heavy atom. The quantitative estimate of drug-likeness (QED) is 0.656. The van der Waals surface area contributed by atoms with Gasteiger partial charge in [0.2, 0.25) is 5.91 Å². The fourth-order valence-electron chi connectivity index (χ4n) is 1.49. The van der Waals surface area contributed by atoms with E-state index in [1.54, 1.807) is 0 Å². The number of rotatable bonds is 4. The molecule has 1 heterocycles. The molecule has 1 saturated heterocycles. The van der Waals surface area contributed by atoms with Gasteiger partial charge in [-0.1, -0.05) is 0 Å². The number of alkyl halides is 3. The maximum Gasteiger partial charge on any atom is 0.389 e. The second-order valence-corrected chi connectivity index (χ2v) is 4.04. The summed E-state index contributed by atoms with van der Waals surface area (Å²) in [5.41, 5.74) is -1.02. The molecule has 0 bridgehead atoms. The average Bonchev–Trinajstić information content (AvgIpc) is 2.59. The summed E-state index contributed by atoms with van der Waals surface area (Å²) in [6.45, 7) is 0.998. The maximum atomic E-state index is 11.8. The Morgan fingerprint density at radius 2 is 2.19 bits per heavy atom. The number of halogens is 3. The second kappa shape index (κ2) is 5.01. The molecule has 4 nitrogen and oxygen atoms in total. The van der Waals surface area contributed by atoms with Gasteiger partial charge in [-0.05, 0) is 13.0 Å². The number of nitrogens with one attached hydrogen (secondary N) is 2. The van der Waals surface area contributed by atoms with Crippen LogP contribution < -0.4 is 10.6 Å². The summed E-state index contributed by atoms with van der Waals surface area (Å²) in [6.07, 6.45) is -5.54. The Morgan fingerprint density at radius 3 is 2.69 bits per heavy atom. The molecule has 1 atom stereocenters. The smallest absolute Gasteiger partial charge is 0.387 e. The van der Waals surface area contributed by atoms with Gasteiger partial charge < -0.3 is 15.7 Å². The Bertz CT molecular complexity index is 250. The highest BCUT2D eigenvalue weighted by molar-refractivity contribution is 5.75. The van der Waals surface area contributed by atoms with Crippen molar-refractivity contribution in [2.24, 2.45) is 0 Å². The van der Waals surface area contributed by atoms with Gasteiger partial charge in [-0.15, -0.1) is 0 Å². The number of hydrogen-bond donors (Lipinski definition) is 3. The molecule has 1 aliphatic rings.